The van der Waals surface area contributed by atoms with Crippen LogP contribution in [0.3, 0.4) is 0 Å². The van der Waals surface area contributed by atoms with Gasteiger partial charge in [0.25, 0.3) is 0 Å². The second-order valence-corrected chi connectivity index (χ2v) is 4.96. The number of hydrogen-bond acceptors (Lipinski definition) is 3. The van der Waals surface area contributed by atoms with Crippen LogP contribution in [0.4, 0.5) is 0 Å². The van der Waals surface area contributed by atoms with Crippen molar-refractivity contribution in [3.63, 3.8) is 0 Å². The van der Waals surface area contributed by atoms with Gasteiger partial charge >= 0.3 is 0 Å². The van der Waals surface area contributed by atoms with Gasteiger partial charge in [0.1, 0.15) is 6.04 Å². The smallest absolute Gasteiger partial charge is 0.241 e. The summed E-state index contributed by atoms with van der Waals surface area (Å²) in [5.41, 5.74) is 6.69. The molecule has 0 aliphatic heterocycles. The SMILES string of the molecule is CSC(C)CNC(=O)C(N)c1ccccc1. The van der Waals surface area contributed by atoms with Crippen LogP contribution < -0.4 is 11.1 Å². The predicted molar refractivity (Wildman–Crippen MR) is 69.4 cm³/mol. The number of hydrogen-bond donors (Lipinski definition) is 2. The fraction of sp³-hybridized carbons (Fsp3) is 0.417. The van der Waals surface area contributed by atoms with Gasteiger partial charge in [0.2, 0.25) is 5.91 Å². The number of carbonyl (C=O) groups is 1. The maximum Gasteiger partial charge on any atom is 0.241 e. The molecule has 0 aliphatic rings. The summed E-state index contributed by atoms with van der Waals surface area (Å²) < 4.78 is 0. The summed E-state index contributed by atoms with van der Waals surface area (Å²) in [5, 5.41) is 3.26. The van der Waals surface area contributed by atoms with Crippen molar-refractivity contribution in [2.45, 2.75) is 18.2 Å². The first-order valence-corrected chi connectivity index (χ1v) is 6.55. The molecule has 1 rings (SSSR count). The molecule has 0 fully saturated rings. The van der Waals surface area contributed by atoms with Gasteiger partial charge in [-0.1, -0.05) is 37.3 Å². The highest BCUT2D eigenvalue weighted by Crippen LogP contribution is 2.09. The van der Waals surface area contributed by atoms with E-state index in [1.54, 1.807) is 11.8 Å². The zero-order valence-electron chi connectivity index (χ0n) is 9.64. The molecule has 2 unspecified atom stereocenters. The summed E-state index contributed by atoms with van der Waals surface area (Å²) >= 11 is 1.72. The minimum absolute atomic E-state index is 0.118. The molecule has 0 aliphatic carbocycles. The van der Waals surface area contributed by atoms with Gasteiger partial charge in [0, 0.05) is 11.8 Å². The van der Waals surface area contributed by atoms with Crippen molar-refractivity contribution in [1.29, 1.82) is 0 Å². The Balaban J connectivity index is 2.49. The lowest BCUT2D eigenvalue weighted by Crippen LogP contribution is -2.37. The van der Waals surface area contributed by atoms with Crippen LogP contribution in [0.15, 0.2) is 30.3 Å². The van der Waals surface area contributed by atoms with Gasteiger partial charge in [0.05, 0.1) is 0 Å². The van der Waals surface area contributed by atoms with E-state index < -0.39 is 6.04 Å². The minimum Gasteiger partial charge on any atom is -0.353 e. The van der Waals surface area contributed by atoms with Gasteiger partial charge in [0.15, 0.2) is 0 Å². The first-order valence-electron chi connectivity index (χ1n) is 5.26. The van der Waals surface area contributed by atoms with E-state index in [-0.39, 0.29) is 5.91 Å². The lowest BCUT2D eigenvalue weighted by Gasteiger charge is -2.14. The van der Waals surface area contributed by atoms with Crippen LogP contribution in [-0.4, -0.2) is 24.0 Å². The van der Waals surface area contributed by atoms with Gasteiger partial charge < -0.3 is 11.1 Å². The van der Waals surface area contributed by atoms with Crippen LogP contribution in [0.1, 0.15) is 18.5 Å². The Hall–Kier alpha value is -1.00. The molecule has 1 aromatic rings. The maximum absolute atomic E-state index is 11.7. The number of thioether (sulfide) groups is 1. The number of amides is 1. The number of rotatable bonds is 5. The van der Waals surface area contributed by atoms with Gasteiger partial charge in [-0.25, -0.2) is 0 Å². The third-order valence-electron chi connectivity index (χ3n) is 2.41. The maximum atomic E-state index is 11.7. The average molecular weight is 238 g/mol. The molecule has 0 radical (unpaired) electrons. The van der Waals surface area contributed by atoms with Crippen molar-refractivity contribution in [3.05, 3.63) is 35.9 Å². The van der Waals surface area contributed by atoms with E-state index in [0.717, 1.165) is 5.56 Å². The quantitative estimate of drug-likeness (QED) is 0.818. The largest absolute Gasteiger partial charge is 0.353 e. The Labute approximate surface area is 101 Å². The van der Waals surface area contributed by atoms with Crippen LogP contribution >= 0.6 is 11.8 Å². The van der Waals surface area contributed by atoms with E-state index in [0.29, 0.717) is 11.8 Å². The second kappa shape index (κ2) is 6.55. The fourth-order valence-corrected chi connectivity index (χ4v) is 1.50. The summed E-state index contributed by atoms with van der Waals surface area (Å²) in [6, 6.07) is 8.82. The molecular weight excluding hydrogens is 220 g/mol. The second-order valence-electron chi connectivity index (χ2n) is 3.68. The fourth-order valence-electron chi connectivity index (χ4n) is 1.25. The first-order chi connectivity index (χ1) is 7.65. The number of benzene rings is 1. The molecule has 3 N–H and O–H groups in total. The molecule has 4 heteroatoms. The summed E-state index contributed by atoms with van der Waals surface area (Å²) in [4.78, 5) is 11.7. The number of nitrogens with one attached hydrogen (secondary N) is 1. The zero-order chi connectivity index (χ0) is 12.0. The summed E-state index contributed by atoms with van der Waals surface area (Å²) in [6.45, 7) is 2.72. The Kier molecular flexibility index (Phi) is 5.35. The summed E-state index contributed by atoms with van der Waals surface area (Å²) in [5.74, 6) is -0.118. The van der Waals surface area contributed by atoms with Gasteiger partial charge in [-0.15, -0.1) is 0 Å². The molecule has 1 amide bonds. The van der Waals surface area contributed by atoms with E-state index >= 15 is 0 Å². The highest BCUT2D eigenvalue weighted by molar-refractivity contribution is 7.99. The molecule has 2 atom stereocenters. The number of nitrogens with two attached hydrogens (primary N) is 1. The van der Waals surface area contributed by atoms with Gasteiger partial charge in [-0.05, 0) is 11.8 Å². The van der Waals surface area contributed by atoms with E-state index in [2.05, 4.69) is 12.2 Å². The highest BCUT2D eigenvalue weighted by Gasteiger charge is 2.15. The molecule has 0 spiro atoms. The Morgan fingerprint density at radius 1 is 1.44 bits per heavy atom. The predicted octanol–water partition coefficient (Wildman–Crippen LogP) is 1.55. The molecule has 0 saturated heterocycles. The van der Waals surface area contributed by atoms with E-state index in [9.17, 15) is 4.79 Å². The van der Waals surface area contributed by atoms with Crippen LogP contribution in [-0.2, 0) is 4.79 Å². The Morgan fingerprint density at radius 2 is 2.06 bits per heavy atom. The van der Waals surface area contributed by atoms with Crippen molar-refractivity contribution >= 4 is 17.7 Å². The van der Waals surface area contributed by atoms with E-state index in [1.165, 1.54) is 0 Å². The van der Waals surface area contributed by atoms with Gasteiger partial charge in [-0.3, -0.25) is 4.79 Å². The average Bonchev–Trinajstić information content (AvgIpc) is 2.35. The molecule has 16 heavy (non-hydrogen) atoms. The molecular formula is C12H18N2OS. The van der Waals surface area contributed by atoms with Crippen molar-refractivity contribution < 1.29 is 4.79 Å². The van der Waals surface area contributed by atoms with Crippen LogP contribution in [0.2, 0.25) is 0 Å². The standard InChI is InChI=1S/C12H18N2OS/c1-9(16-2)8-14-12(15)11(13)10-6-4-3-5-7-10/h3-7,9,11H,8,13H2,1-2H3,(H,14,15). The van der Waals surface area contributed by atoms with Crippen molar-refractivity contribution in [1.82, 2.24) is 5.32 Å². The zero-order valence-corrected chi connectivity index (χ0v) is 10.5. The van der Waals surface area contributed by atoms with Crippen LogP contribution in [0, 0.1) is 0 Å². The topological polar surface area (TPSA) is 55.1 Å². The Bertz CT molecular complexity index is 329. The molecule has 0 bridgehead atoms. The third-order valence-corrected chi connectivity index (χ3v) is 3.38. The minimum atomic E-state index is -0.574. The molecule has 0 saturated carbocycles. The molecule has 3 nitrogen and oxygen atoms in total. The van der Waals surface area contributed by atoms with Crippen LogP contribution in [0.25, 0.3) is 0 Å². The van der Waals surface area contributed by atoms with Crippen molar-refractivity contribution in [2.75, 3.05) is 12.8 Å². The Morgan fingerprint density at radius 3 is 2.62 bits per heavy atom. The lowest BCUT2D eigenvalue weighted by atomic mass is 10.1. The van der Waals surface area contributed by atoms with Crippen LogP contribution in [0.5, 0.6) is 0 Å². The van der Waals surface area contributed by atoms with Gasteiger partial charge in [-0.2, -0.15) is 11.8 Å². The monoisotopic (exact) mass is 238 g/mol. The van der Waals surface area contributed by atoms with Crippen molar-refractivity contribution in [3.8, 4) is 0 Å². The lowest BCUT2D eigenvalue weighted by molar-refractivity contribution is -0.122. The number of carbonyl (C=O) groups excluding carboxylic acids is 1. The molecule has 0 heterocycles. The highest BCUT2D eigenvalue weighted by atomic mass is 32.2. The first kappa shape index (κ1) is 13.1. The third kappa shape index (κ3) is 3.87. The summed E-state index contributed by atoms with van der Waals surface area (Å²) in [6.07, 6.45) is 2.02. The normalized spacial score (nSPS) is 14.2. The van der Waals surface area contributed by atoms with Crippen molar-refractivity contribution in [2.24, 2.45) is 5.73 Å². The summed E-state index contributed by atoms with van der Waals surface area (Å²) in [7, 11) is 0. The molecule has 0 aromatic heterocycles. The van der Waals surface area contributed by atoms with E-state index in [1.807, 2.05) is 36.6 Å². The molecule has 1 aromatic carbocycles. The van der Waals surface area contributed by atoms with E-state index in [4.69, 9.17) is 5.73 Å². The molecule has 88 valence electrons.